The number of hydrogen-bond donors (Lipinski definition) is 0. The van der Waals surface area contributed by atoms with E-state index in [1.807, 2.05) is 6.08 Å². The Morgan fingerprint density at radius 2 is 1.04 bits per heavy atom. The van der Waals surface area contributed by atoms with E-state index in [1.165, 1.54) is 89.9 Å². The number of rotatable bonds is 18. The first-order valence-corrected chi connectivity index (χ1v) is 13.8. The highest BCUT2D eigenvalue weighted by Crippen LogP contribution is 2.24. The summed E-state index contributed by atoms with van der Waals surface area (Å²) in [6, 6.07) is 0.861. The van der Waals surface area contributed by atoms with Crippen LogP contribution in [0.25, 0.3) is 0 Å². The summed E-state index contributed by atoms with van der Waals surface area (Å²) < 4.78 is 5.13. The Kier molecular flexibility index (Phi) is 17.7. The van der Waals surface area contributed by atoms with Crippen molar-refractivity contribution < 1.29 is 4.43 Å². The average Bonchev–Trinajstić information content (AvgIpc) is 2.54. The van der Waals surface area contributed by atoms with E-state index in [0.717, 1.165) is 12.5 Å². The Bertz CT molecular complexity index is 260. The maximum atomic E-state index is 6.06. The zero-order chi connectivity index (χ0) is 17.2. The van der Waals surface area contributed by atoms with E-state index in [-0.39, 0.29) is 0 Å². The topological polar surface area (TPSA) is 9.23 Å². The van der Waals surface area contributed by atoms with E-state index in [0.29, 0.717) is 0 Å². The summed E-state index contributed by atoms with van der Waals surface area (Å²) in [6.45, 7) is 1.42. The van der Waals surface area contributed by atoms with Crippen LogP contribution in [0.1, 0.15) is 96.3 Å². The minimum Gasteiger partial charge on any atom is -0.396 e. The summed E-state index contributed by atoms with van der Waals surface area (Å²) in [5, 5.41) is 0. The molecule has 0 aromatic heterocycles. The zero-order valence-corrected chi connectivity index (χ0v) is 17.8. The van der Waals surface area contributed by atoms with E-state index < -0.39 is 6.94 Å². The summed E-state index contributed by atoms with van der Waals surface area (Å²) in [7, 11) is 1.62. The lowest BCUT2D eigenvalue weighted by atomic mass is 10.0. The highest BCUT2D eigenvalue weighted by atomic mass is 35.7. The molecule has 0 bridgehead atoms. The van der Waals surface area contributed by atoms with Crippen LogP contribution in [0.4, 0.5) is 0 Å². The number of unbranched alkanes of at least 4 members (excludes halogenated alkanes) is 14. The molecule has 1 nitrogen and oxygen atoms in total. The van der Waals surface area contributed by atoms with E-state index in [2.05, 4.69) is 6.58 Å². The van der Waals surface area contributed by atoms with Gasteiger partial charge in [-0.05, 0) is 18.9 Å². The van der Waals surface area contributed by atoms with Crippen LogP contribution in [-0.4, -0.2) is 14.0 Å². The smallest absolute Gasteiger partial charge is 0.389 e. The van der Waals surface area contributed by atoms with Crippen LogP contribution in [0.15, 0.2) is 12.7 Å². The second-order valence-electron chi connectivity index (χ2n) is 6.62. The van der Waals surface area contributed by atoms with Crippen molar-refractivity contribution in [3.63, 3.8) is 0 Å². The maximum absolute atomic E-state index is 6.06. The molecular formula is C19H38Cl2OSi. The summed E-state index contributed by atoms with van der Waals surface area (Å²) in [5.41, 5.74) is 0. The molecule has 23 heavy (non-hydrogen) atoms. The molecule has 0 fully saturated rings. The third-order valence-electron chi connectivity index (χ3n) is 4.42. The Labute approximate surface area is 155 Å². The Morgan fingerprint density at radius 3 is 1.39 bits per heavy atom. The van der Waals surface area contributed by atoms with Crippen LogP contribution in [0.2, 0.25) is 6.04 Å². The lowest BCUT2D eigenvalue weighted by Gasteiger charge is -2.13. The molecule has 0 aromatic rings. The van der Waals surface area contributed by atoms with Gasteiger partial charge in [-0.15, -0.1) is 28.7 Å². The quantitative estimate of drug-likeness (QED) is 0.101. The predicted molar refractivity (Wildman–Crippen MR) is 109 cm³/mol. The van der Waals surface area contributed by atoms with Gasteiger partial charge in [0.05, 0.1) is 0 Å². The predicted octanol–water partition coefficient (Wildman–Crippen LogP) is 8.09. The lowest BCUT2D eigenvalue weighted by Crippen LogP contribution is -2.21. The van der Waals surface area contributed by atoms with Crippen molar-refractivity contribution in [2.24, 2.45) is 0 Å². The maximum Gasteiger partial charge on any atom is 0.389 e. The van der Waals surface area contributed by atoms with Gasteiger partial charge in [-0.3, -0.25) is 0 Å². The zero-order valence-electron chi connectivity index (χ0n) is 15.3. The molecule has 0 amide bonds. The molecule has 0 rings (SSSR count). The summed E-state index contributed by atoms with van der Waals surface area (Å²) in [5.74, 6) is 0. The molecule has 4 heteroatoms. The Morgan fingerprint density at radius 1 is 0.696 bits per heavy atom. The monoisotopic (exact) mass is 380 g/mol. The Balaban J connectivity index is 3.07. The fourth-order valence-electron chi connectivity index (χ4n) is 2.84. The van der Waals surface area contributed by atoms with Crippen LogP contribution in [0.5, 0.6) is 0 Å². The van der Waals surface area contributed by atoms with Crippen molar-refractivity contribution in [2.45, 2.75) is 102 Å². The van der Waals surface area contributed by atoms with E-state index >= 15 is 0 Å². The van der Waals surface area contributed by atoms with Crippen molar-refractivity contribution in [1.82, 2.24) is 0 Å². The van der Waals surface area contributed by atoms with Gasteiger partial charge in [0.1, 0.15) is 0 Å². The van der Waals surface area contributed by atoms with Gasteiger partial charge in [0.2, 0.25) is 0 Å². The molecule has 0 radical (unpaired) electrons. The molecule has 0 unspecified atom stereocenters. The highest BCUT2D eigenvalue weighted by Gasteiger charge is 2.27. The SMILES string of the molecule is C=CCCCCCCCCCCCCCCCC[Si](Cl)(Cl)OC. The normalized spacial score (nSPS) is 11.8. The van der Waals surface area contributed by atoms with Gasteiger partial charge < -0.3 is 4.43 Å². The number of halogens is 2. The van der Waals surface area contributed by atoms with Gasteiger partial charge >= 0.3 is 6.94 Å². The summed E-state index contributed by atoms with van der Waals surface area (Å²) >= 11 is 12.1. The molecule has 0 atom stereocenters. The van der Waals surface area contributed by atoms with Crippen molar-refractivity contribution in [1.29, 1.82) is 0 Å². The van der Waals surface area contributed by atoms with Crippen molar-refractivity contribution in [3.05, 3.63) is 12.7 Å². The fourth-order valence-corrected chi connectivity index (χ4v) is 4.51. The minimum absolute atomic E-state index is 0.861. The highest BCUT2D eigenvalue weighted by molar-refractivity contribution is 7.42. The standard InChI is InChI=1S/C19H38Cl2OSi/c1-3-4-5-6-7-8-9-10-11-12-13-14-15-16-17-18-19-23(20,21)22-2/h3H,1,4-19H2,2H3. The first-order valence-electron chi connectivity index (χ1n) is 9.66. The fraction of sp³-hybridized carbons (Fsp3) is 0.895. The molecule has 0 aliphatic carbocycles. The molecule has 0 heterocycles. The molecule has 0 spiro atoms. The van der Waals surface area contributed by atoms with Crippen LogP contribution >= 0.6 is 22.2 Å². The second kappa shape index (κ2) is 17.3. The number of allylic oxidation sites excluding steroid dienone is 1. The third-order valence-corrected chi connectivity index (χ3v) is 8.02. The molecule has 0 aliphatic rings. The summed E-state index contributed by atoms with van der Waals surface area (Å²) in [6.07, 6.45) is 22.3. The van der Waals surface area contributed by atoms with Gasteiger partial charge in [-0.2, -0.15) is 0 Å². The third kappa shape index (κ3) is 18.7. The molecular weight excluding hydrogens is 343 g/mol. The van der Waals surface area contributed by atoms with Gasteiger partial charge in [-0.25, -0.2) is 0 Å². The van der Waals surface area contributed by atoms with E-state index in [9.17, 15) is 0 Å². The largest absolute Gasteiger partial charge is 0.396 e. The van der Waals surface area contributed by atoms with Gasteiger partial charge in [0.25, 0.3) is 0 Å². The van der Waals surface area contributed by atoms with Crippen molar-refractivity contribution in [2.75, 3.05) is 7.11 Å². The molecule has 0 aromatic carbocycles. The molecule has 0 aliphatic heterocycles. The first-order chi connectivity index (χ1) is 11.1. The first kappa shape index (κ1) is 23.5. The van der Waals surface area contributed by atoms with E-state index in [4.69, 9.17) is 26.6 Å². The molecule has 0 saturated heterocycles. The second-order valence-corrected chi connectivity index (χ2v) is 13.0. The van der Waals surface area contributed by atoms with Gasteiger partial charge in [-0.1, -0.05) is 89.5 Å². The molecule has 138 valence electrons. The average molecular weight is 382 g/mol. The van der Waals surface area contributed by atoms with Crippen LogP contribution in [0, 0.1) is 0 Å². The Hall–Kier alpha value is 0.497. The van der Waals surface area contributed by atoms with Crippen LogP contribution in [0.3, 0.4) is 0 Å². The van der Waals surface area contributed by atoms with Gasteiger partial charge in [0, 0.05) is 7.11 Å². The van der Waals surface area contributed by atoms with Crippen molar-refractivity contribution >= 4 is 29.1 Å². The van der Waals surface area contributed by atoms with Crippen LogP contribution < -0.4 is 0 Å². The van der Waals surface area contributed by atoms with Crippen LogP contribution in [-0.2, 0) is 4.43 Å². The van der Waals surface area contributed by atoms with Crippen molar-refractivity contribution in [3.8, 4) is 0 Å². The lowest BCUT2D eigenvalue weighted by molar-refractivity contribution is 0.424. The molecule has 0 saturated carbocycles. The van der Waals surface area contributed by atoms with Gasteiger partial charge in [0.15, 0.2) is 0 Å². The van der Waals surface area contributed by atoms with E-state index in [1.54, 1.807) is 7.11 Å². The minimum atomic E-state index is -2.34. The number of hydrogen-bond acceptors (Lipinski definition) is 1. The summed E-state index contributed by atoms with van der Waals surface area (Å²) in [4.78, 5) is 0. The molecule has 0 N–H and O–H groups in total.